The molecule has 1 saturated heterocycles. The highest BCUT2D eigenvalue weighted by atomic mass is 32.2. The lowest BCUT2D eigenvalue weighted by molar-refractivity contribution is -0.150. The molecule has 4 aliphatic heterocycles. The largest absolute Gasteiger partial charge is 0.477 e. The number of carbonyl (C=O) groups excluding carboxylic acids is 2. The van der Waals surface area contributed by atoms with E-state index in [0.717, 1.165) is 17.4 Å². The highest BCUT2D eigenvalue weighted by Gasteiger charge is 2.54. The van der Waals surface area contributed by atoms with Gasteiger partial charge in [-0.15, -0.1) is 11.8 Å². The molecule has 0 bridgehead atoms. The fourth-order valence-corrected chi connectivity index (χ4v) is 5.76. The number of allylic oxidation sites excluding steroid dienone is 1. The van der Waals surface area contributed by atoms with Gasteiger partial charge in [0.2, 0.25) is 11.5 Å². The zero-order chi connectivity index (χ0) is 24.7. The number of fused-ring (bicyclic) bond motifs is 2. The van der Waals surface area contributed by atoms with Gasteiger partial charge in [0.05, 0.1) is 0 Å². The molecule has 0 aliphatic carbocycles. The van der Waals surface area contributed by atoms with Gasteiger partial charge in [0, 0.05) is 48.9 Å². The monoisotopic (exact) mass is 517 g/mol. The summed E-state index contributed by atoms with van der Waals surface area (Å²) in [7, 11) is 1.26. The van der Waals surface area contributed by atoms with E-state index >= 15 is 0 Å². The van der Waals surface area contributed by atoms with Crippen LogP contribution in [-0.2, 0) is 19.2 Å². The van der Waals surface area contributed by atoms with Gasteiger partial charge >= 0.3 is 5.97 Å². The molecule has 4 aliphatic rings. The Kier molecular flexibility index (Phi) is 5.89. The summed E-state index contributed by atoms with van der Waals surface area (Å²) >= 11 is 2.25. The Morgan fingerprint density at radius 1 is 1.40 bits per heavy atom. The van der Waals surface area contributed by atoms with Crippen molar-refractivity contribution in [2.75, 3.05) is 25.1 Å². The van der Waals surface area contributed by atoms with Gasteiger partial charge in [0.15, 0.2) is 5.13 Å². The van der Waals surface area contributed by atoms with Crippen molar-refractivity contribution in [3.05, 3.63) is 41.4 Å². The Labute approximate surface area is 206 Å². The lowest BCUT2D eigenvalue weighted by Crippen LogP contribution is -2.71. The van der Waals surface area contributed by atoms with Gasteiger partial charge in [-0.05, 0) is 11.6 Å². The molecule has 182 valence electrons. The van der Waals surface area contributed by atoms with Gasteiger partial charge in [0.1, 0.15) is 30.0 Å². The van der Waals surface area contributed by atoms with E-state index in [9.17, 15) is 19.5 Å². The predicted molar refractivity (Wildman–Crippen MR) is 126 cm³/mol. The third kappa shape index (κ3) is 3.99. The fraction of sp³-hybridized carbons (Fsp3) is 0.316. The van der Waals surface area contributed by atoms with E-state index < -0.39 is 29.2 Å². The van der Waals surface area contributed by atoms with E-state index in [1.54, 1.807) is 17.4 Å². The van der Waals surface area contributed by atoms with Crippen LogP contribution in [0.3, 0.4) is 0 Å². The van der Waals surface area contributed by atoms with E-state index in [0.29, 0.717) is 17.7 Å². The normalized spacial score (nSPS) is 23.1. The van der Waals surface area contributed by atoms with E-state index in [4.69, 9.17) is 10.6 Å². The number of anilines is 1. The number of oxime groups is 1. The molecule has 1 fully saturated rings. The minimum Gasteiger partial charge on any atom is -0.477 e. The predicted octanol–water partition coefficient (Wildman–Crippen LogP) is -0.471. The number of nitrogen functional groups attached to an aromatic ring is 1. The average molecular weight is 518 g/mol. The second kappa shape index (κ2) is 9.03. The van der Waals surface area contributed by atoms with E-state index in [1.165, 1.54) is 23.8 Å². The second-order valence-corrected chi connectivity index (χ2v) is 9.45. The molecule has 0 spiro atoms. The highest BCUT2D eigenvalue weighted by molar-refractivity contribution is 8.00. The van der Waals surface area contributed by atoms with Crippen LogP contribution >= 0.6 is 23.3 Å². The van der Waals surface area contributed by atoms with Crippen molar-refractivity contribution in [1.29, 1.82) is 0 Å². The summed E-state index contributed by atoms with van der Waals surface area (Å²) in [6, 6.07) is -0.945. The molecule has 2 atom stereocenters. The van der Waals surface area contributed by atoms with Crippen LogP contribution in [0.25, 0.3) is 0 Å². The average Bonchev–Trinajstić information content (AvgIpc) is 3.46. The van der Waals surface area contributed by atoms with Gasteiger partial charge < -0.3 is 25.9 Å². The first-order chi connectivity index (χ1) is 16.9. The number of carboxylic acids is 1. The number of β-lactam (4-membered cyclic amide) rings is 1. The van der Waals surface area contributed by atoms with Crippen LogP contribution in [-0.4, -0.2) is 89.8 Å². The summed E-state index contributed by atoms with van der Waals surface area (Å²) in [5.74, 6) is -1.31. The Bertz CT molecular complexity index is 1250. The van der Waals surface area contributed by atoms with Crippen LogP contribution in [0.1, 0.15) is 12.2 Å². The van der Waals surface area contributed by atoms with Crippen LogP contribution in [0.5, 0.6) is 0 Å². The molecule has 2 amide bonds. The molecule has 5 rings (SSSR count). The number of aliphatic carboxylic acids is 1. The maximum absolute atomic E-state index is 13.0. The van der Waals surface area contributed by atoms with Gasteiger partial charge in [-0.2, -0.15) is 14.5 Å². The summed E-state index contributed by atoms with van der Waals surface area (Å²) in [6.45, 7) is 0.290. The van der Waals surface area contributed by atoms with Crippen LogP contribution < -0.4 is 11.1 Å². The number of carboxylic acid groups (broad SMARTS) is 1. The molecule has 1 aromatic heterocycles. The van der Waals surface area contributed by atoms with E-state index in [2.05, 4.69) is 24.9 Å². The molecular formula is C19H19N9O5S2. The van der Waals surface area contributed by atoms with Crippen molar-refractivity contribution in [2.45, 2.75) is 17.8 Å². The fourth-order valence-electron chi connectivity index (χ4n) is 3.99. The van der Waals surface area contributed by atoms with Crippen LogP contribution in [0.2, 0.25) is 0 Å². The molecule has 0 saturated carbocycles. The molecule has 0 unspecified atom stereocenters. The third-order valence-electron chi connectivity index (χ3n) is 5.48. The Morgan fingerprint density at radius 3 is 2.94 bits per heavy atom. The first-order valence-electron chi connectivity index (χ1n) is 10.3. The number of hydrazone groups is 1. The Balaban J connectivity index is 1.33. The third-order valence-corrected chi connectivity index (χ3v) is 7.36. The van der Waals surface area contributed by atoms with Crippen LogP contribution in [0, 0.1) is 0 Å². The number of aromatic nitrogens is 2. The van der Waals surface area contributed by atoms with E-state index in [-0.39, 0.29) is 28.9 Å². The summed E-state index contributed by atoms with van der Waals surface area (Å²) in [5, 5.41) is 21.7. The standard InChI is InChI=1S/C19H19N9O5S2/c1-33-24-11(14-23-19(20)35-25-14)15(29)22-12-16(30)28-13(18(31)32)9(8-34-17(12)28)7-26-5-6-27-10(26)3-2-4-21-27/h3-6,12,17H,2,7-8H2,1H3,(H,22,29)(H,31,32)(H2,20,23,25)/t12-,17-/m0/s1. The number of nitrogens with one attached hydrogen (secondary N) is 1. The van der Waals surface area contributed by atoms with Gasteiger partial charge in [-0.3, -0.25) is 14.5 Å². The first kappa shape index (κ1) is 22.9. The number of carbonyl (C=O) groups is 3. The summed E-state index contributed by atoms with van der Waals surface area (Å²) in [4.78, 5) is 49.7. The quantitative estimate of drug-likeness (QED) is 0.242. The van der Waals surface area contributed by atoms with Crippen molar-refractivity contribution >= 4 is 58.1 Å². The minimum absolute atomic E-state index is 0.0331. The van der Waals surface area contributed by atoms with E-state index in [1.807, 2.05) is 17.2 Å². The van der Waals surface area contributed by atoms with Gasteiger partial charge in [-0.1, -0.05) is 5.16 Å². The lowest BCUT2D eigenvalue weighted by Gasteiger charge is -2.49. The Morgan fingerprint density at radius 2 is 2.23 bits per heavy atom. The topological polar surface area (TPSA) is 179 Å². The Hall–Kier alpha value is -3.92. The zero-order valence-electron chi connectivity index (χ0n) is 18.2. The molecule has 5 heterocycles. The second-order valence-electron chi connectivity index (χ2n) is 7.56. The van der Waals surface area contributed by atoms with Gasteiger partial charge in [-0.25, -0.2) is 9.80 Å². The number of hydrogen-bond donors (Lipinski definition) is 3. The molecule has 1 aromatic rings. The molecule has 16 heteroatoms. The molecule has 14 nitrogen and oxygen atoms in total. The van der Waals surface area contributed by atoms with Crippen molar-refractivity contribution in [1.82, 2.24) is 29.5 Å². The molecule has 0 aromatic carbocycles. The number of hydrogen-bond acceptors (Lipinski definition) is 13. The van der Waals surface area contributed by atoms with Crippen LogP contribution in [0.4, 0.5) is 5.13 Å². The number of rotatable bonds is 7. The molecule has 35 heavy (non-hydrogen) atoms. The summed E-state index contributed by atoms with van der Waals surface area (Å²) < 4.78 is 3.95. The maximum atomic E-state index is 13.0. The summed E-state index contributed by atoms with van der Waals surface area (Å²) in [6.07, 6.45) is 8.03. The molecule has 4 N–H and O–H groups in total. The number of amides is 2. The smallest absolute Gasteiger partial charge is 0.352 e. The number of nitrogens with two attached hydrogens (primary N) is 1. The maximum Gasteiger partial charge on any atom is 0.352 e. The lowest BCUT2D eigenvalue weighted by atomic mass is 10.0. The molecule has 0 radical (unpaired) electrons. The van der Waals surface area contributed by atoms with Crippen LogP contribution in [0.15, 0.2) is 45.8 Å². The zero-order valence-corrected chi connectivity index (χ0v) is 19.8. The summed E-state index contributed by atoms with van der Waals surface area (Å²) in [5.41, 5.74) is 5.86. The van der Waals surface area contributed by atoms with Crippen molar-refractivity contribution in [2.24, 2.45) is 10.3 Å². The van der Waals surface area contributed by atoms with Crippen molar-refractivity contribution in [3.63, 3.8) is 0 Å². The highest BCUT2D eigenvalue weighted by Crippen LogP contribution is 2.41. The number of nitrogens with zero attached hydrogens (tertiary/aromatic N) is 7. The van der Waals surface area contributed by atoms with Crippen molar-refractivity contribution < 1.29 is 24.3 Å². The first-order valence-corrected chi connectivity index (χ1v) is 12.1. The van der Waals surface area contributed by atoms with Crippen molar-refractivity contribution in [3.8, 4) is 0 Å². The van der Waals surface area contributed by atoms with Gasteiger partial charge in [0.25, 0.3) is 11.8 Å². The SMILES string of the molecule is CON=C(C(=O)N[C@H]1C(=O)N2C(C(=O)O)=C(CN3C=CN4N=CCC=C34)CS[C@@H]12)c1nsc(N)n1. The number of thioether (sulfide) groups is 1. The molecular weight excluding hydrogens is 498 g/mol. The minimum atomic E-state index is -1.21.